The van der Waals surface area contributed by atoms with Gasteiger partial charge in [-0.1, -0.05) is 0 Å². The second-order valence-electron chi connectivity index (χ2n) is 6.39. The number of urea groups is 1. The van der Waals surface area contributed by atoms with E-state index in [1.165, 1.54) is 0 Å². The average molecular weight is 322 g/mol. The van der Waals surface area contributed by atoms with Crippen molar-refractivity contribution in [3.8, 4) is 0 Å². The lowest BCUT2D eigenvalue weighted by Gasteiger charge is -2.23. The van der Waals surface area contributed by atoms with E-state index in [1.54, 1.807) is 11.2 Å². The Kier molecular flexibility index (Phi) is 5.65. The van der Waals surface area contributed by atoms with Gasteiger partial charge in [-0.3, -0.25) is 9.69 Å². The maximum Gasteiger partial charge on any atom is 0.315 e. The highest BCUT2D eigenvalue weighted by molar-refractivity contribution is 5.81. The number of rotatable bonds is 6. The van der Waals surface area contributed by atoms with E-state index in [2.05, 4.69) is 10.6 Å². The molecule has 3 amide bonds. The molecule has 1 saturated heterocycles. The van der Waals surface area contributed by atoms with Crippen LogP contribution in [0.5, 0.6) is 0 Å². The van der Waals surface area contributed by atoms with Crippen molar-refractivity contribution >= 4 is 11.9 Å². The van der Waals surface area contributed by atoms with Crippen LogP contribution in [-0.2, 0) is 4.79 Å². The van der Waals surface area contributed by atoms with Gasteiger partial charge in [0.05, 0.1) is 18.3 Å². The third kappa shape index (κ3) is 4.48. The molecule has 0 bridgehead atoms. The number of carbonyl (C=O) groups excluding carboxylic acids is 2. The Hall–Kier alpha value is -2.02. The molecule has 128 valence electrons. The van der Waals surface area contributed by atoms with Crippen molar-refractivity contribution in [1.82, 2.24) is 20.4 Å². The maximum atomic E-state index is 12.1. The molecular formula is C16H26N4O3. The fraction of sp³-hybridized carbons (Fsp3) is 0.625. The predicted octanol–water partition coefficient (Wildman–Crippen LogP) is 1.19. The molecule has 7 nitrogen and oxygen atoms in total. The molecule has 0 saturated carbocycles. The monoisotopic (exact) mass is 322 g/mol. The molecule has 2 N–H and O–H groups in total. The summed E-state index contributed by atoms with van der Waals surface area (Å²) in [6.45, 7) is 4.96. The molecule has 7 heteroatoms. The molecule has 2 rings (SSSR count). The molecule has 0 aromatic carbocycles. The molecule has 23 heavy (non-hydrogen) atoms. The van der Waals surface area contributed by atoms with Gasteiger partial charge in [-0.25, -0.2) is 4.79 Å². The number of carbonyl (C=O) groups is 2. The highest BCUT2D eigenvalue weighted by Crippen LogP contribution is 2.17. The standard InChI is InChI=1S/C16H26N4O3/c1-11(2)20-10-12(8-15(20)21)18-16(22)17-9-13(19(3)4)14-6-5-7-23-14/h5-7,11-13H,8-10H2,1-4H3,(H2,17,18,22)/t12-,13-/m1/s1. The number of likely N-dealkylation sites (tertiary alicyclic amines) is 1. The second-order valence-corrected chi connectivity index (χ2v) is 6.39. The number of amides is 3. The van der Waals surface area contributed by atoms with Gasteiger partial charge in [0.2, 0.25) is 5.91 Å². The summed E-state index contributed by atoms with van der Waals surface area (Å²) in [6.07, 6.45) is 1.98. The van der Waals surface area contributed by atoms with Crippen molar-refractivity contribution in [3.63, 3.8) is 0 Å². The van der Waals surface area contributed by atoms with Gasteiger partial charge in [-0.2, -0.15) is 0 Å². The minimum Gasteiger partial charge on any atom is -0.468 e. The summed E-state index contributed by atoms with van der Waals surface area (Å²) in [5.74, 6) is 0.893. The Bertz CT molecular complexity index is 527. The highest BCUT2D eigenvalue weighted by Gasteiger charge is 2.32. The Morgan fingerprint density at radius 1 is 1.48 bits per heavy atom. The van der Waals surface area contributed by atoms with E-state index in [0.717, 1.165) is 5.76 Å². The van der Waals surface area contributed by atoms with Gasteiger partial charge in [0, 0.05) is 25.6 Å². The SMILES string of the molecule is CC(C)N1C[C@H](NC(=O)NC[C@H](c2ccco2)N(C)C)CC1=O. The molecule has 1 aromatic heterocycles. The van der Waals surface area contributed by atoms with Crippen LogP contribution >= 0.6 is 0 Å². The fourth-order valence-corrected chi connectivity index (χ4v) is 2.77. The number of hydrogen-bond donors (Lipinski definition) is 2. The molecule has 1 fully saturated rings. The van der Waals surface area contributed by atoms with Gasteiger partial charge in [0.25, 0.3) is 0 Å². The third-order valence-corrected chi connectivity index (χ3v) is 4.07. The lowest BCUT2D eigenvalue weighted by atomic mass is 10.2. The quantitative estimate of drug-likeness (QED) is 0.825. The number of nitrogens with one attached hydrogen (secondary N) is 2. The number of likely N-dealkylation sites (N-methyl/N-ethyl adjacent to an activating group) is 1. The van der Waals surface area contributed by atoms with Crippen LogP contribution in [0.25, 0.3) is 0 Å². The van der Waals surface area contributed by atoms with Gasteiger partial charge in [0.1, 0.15) is 5.76 Å². The zero-order valence-corrected chi connectivity index (χ0v) is 14.2. The minimum absolute atomic E-state index is 0.0341. The van der Waals surface area contributed by atoms with E-state index in [-0.39, 0.29) is 30.1 Å². The van der Waals surface area contributed by atoms with Crippen molar-refractivity contribution in [3.05, 3.63) is 24.2 Å². The van der Waals surface area contributed by atoms with Gasteiger partial charge in [-0.05, 0) is 40.1 Å². The summed E-state index contributed by atoms with van der Waals surface area (Å²) in [4.78, 5) is 27.7. The first kappa shape index (κ1) is 17.3. The van der Waals surface area contributed by atoms with E-state index in [9.17, 15) is 9.59 Å². The number of hydrogen-bond acceptors (Lipinski definition) is 4. The molecule has 0 spiro atoms. The van der Waals surface area contributed by atoms with E-state index in [0.29, 0.717) is 19.5 Å². The van der Waals surface area contributed by atoms with Crippen molar-refractivity contribution in [2.24, 2.45) is 0 Å². The van der Waals surface area contributed by atoms with Crippen molar-refractivity contribution in [1.29, 1.82) is 0 Å². The minimum atomic E-state index is -0.258. The molecule has 2 atom stereocenters. The molecule has 0 radical (unpaired) electrons. The lowest BCUT2D eigenvalue weighted by molar-refractivity contribution is -0.129. The highest BCUT2D eigenvalue weighted by atomic mass is 16.3. The zero-order chi connectivity index (χ0) is 17.0. The fourth-order valence-electron chi connectivity index (χ4n) is 2.77. The van der Waals surface area contributed by atoms with Gasteiger partial charge in [0.15, 0.2) is 0 Å². The summed E-state index contributed by atoms with van der Waals surface area (Å²) in [6, 6.07) is 3.46. The largest absolute Gasteiger partial charge is 0.468 e. The van der Waals surface area contributed by atoms with Crippen LogP contribution in [0, 0.1) is 0 Å². The Balaban J connectivity index is 1.82. The van der Waals surface area contributed by atoms with Gasteiger partial charge < -0.3 is 20.0 Å². The first-order valence-corrected chi connectivity index (χ1v) is 7.92. The molecular weight excluding hydrogens is 296 g/mol. The van der Waals surface area contributed by atoms with E-state index < -0.39 is 0 Å². The van der Waals surface area contributed by atoms with Crippen LogP contribution in [0.1, 0.15) is 32.1 Å². The van der Waals surface area contributed by atoms with E-state index in [1.807, 2.05) is 45.0 Å². The average Bonchev–Trinajstić information content (AvgIpc) is 3.08. The Morgan fingerprint density at radius 3 is 2.74 bits per heavy atom. The van der Waals surface area contributed by atoms with Crippen molar-refractivity contribution in [2.75, 3.05) is 27.2 Å². The Morgan fingerprint density at radius 2 is 2.22 bits per heavy atom. The van der Waals surface area contributed by atoms with Crippen LogP contribution in [0.15, 0.2) is 22.8 Å². The maximum absolute atomic E-state index is 12.1. The smallest absolute Gasteiger partial charge is 0.315 e. The third-order valence-electron chi connectivity index (χ3n) is 4.07. The topological polar surface area (TPSA) is 77.8 Å². The first-order valence-electron chi connectivity index (χ1n) is 7.92. The molecule has 1 aromatic rings. The van der Waals surface area contributed by atoms with Crippen molar-refractivity contribution < 1.29 is 14.0 Å². The van der Waals surface area contributed by atoms with Crippen LogP contribution in [0.3, 0.4) is 0 Å². The normalized spacial score (nSPS) is 19.5. The van der Waals surface area contributed by atoms with E-state index >= 15 is 0 Å². The molecule has 1 aliphatic rings. The summed E-state index contributed by atoms with van der Waals surface area (Å²) < 4.78 is 5.41. The molecule has 1 aliphatic heterocycles. The zero-order valence-electron chi connectivity index (χ0n) is 14.2. The summed E-state index contributed by atoms with van der Waals surface area (Å²) >= 11 is 0. The number of furan rings is 1. The molecule has 2 heterocycles. The van der Waals surface area contributed by atoms with Crippen LogP contribution in [0.4, 0.5) is 4.79 Å². The second kappa shape index (κ2) is 7.50. The summed E-state index contributed by atoms with van der Waals surface area (Å²) in [5.41, 5.74) is 0. The van der Waals surface area contributed by atoms with Crippen molar-refractivity contribution in [2.45, 2.75) is 38.4 Å². The number of nitrogens with zero attached hydrogens (tertiary/aromatic N) is 2. The summed E-state index contributed by atoms with van der Waals surface area (Å²) in [5, 5.41) is 5.73. The predicted molar refractivity (Wildman–Crippen MR) is 86.9 cm³/mol. The summed E-state index contributed by atoms with van der Waals surface area (Å²) in [7, 11) is 3.87. The molecule has 0 aliphatic carbocycles. The van der Waals surface area contributed by atoms with Crippen LogP contribution < -0.4 is 10.6 Å². The molecule has 0 unspecified atom stereocenters. The van der Waals surface area contributed by atoms with Gasteiger partial charge in [-0.15, -0.1) is 0 Å². The van der Waals surface area contributed by atoms with Gasteiger partial charge >= 0.3 is 6.03 Å². The Labute approximate surface area is 137 Å². The van der Waals surface area contributed by atoms with Crippen LogP contribution in [-0.4, -0.2) is 61.0 Å². The van der Waals surface area contributed by atoms with Crippen LogP contribution in [0.2, 0.25) is 0 Å². The van der Waals surface area contributed by atoms with E-state index in [4.69, 9.17) is 4.42 Å². The lowest BCUT2D eigenvalue weighted by Crippen LogP contribution is -2.46. The first-order chi connectivity index (χ1) is 10.9.